The van der Waals surface area contributed by atoms with Crippen LogP contribution in [0.2, 0.25) is 0 Å². The highest BCUT2D eigenvalue weighted by Crippen LogP contribution is 2.44. The zero-order valence-corrected chi connectivity index (χ0v) is 14.7. The summed E-state index contributed by atoms with van der Waals surface area (Å²) in [4.78, 5) is 15.8. The number of piperidine rings is 1. The Kier molecular flexibility index (Phi) is 3.85. The van der Waals surface area contributed by atoms with Crippen molar-refractivity contribution in [1.29, 1.82) is 0 Å². The van der Waals surface area contributed by atoms with Gasteiger partial charge in [0, 0.05) is 18.0 Å². The van der Waals surface area contributed by atoms with Gasteiger partial charge in [-0.25, -0.2) is 4.79 Å². The van der Waals surface area contributed by atoms with E-state index in [1.165, 1.54) is 10.4 Å². The molecule has 0 bridgehead atoms. The molecule has 0 unspecified atom stereocenters. The van der Waals surface area contributed by atoms with Crippen LogP contribution in [0.15, 0.2) is 16.0 Å². The lowest BCUT2D eigenvalue weighted by molar-refractivity contribution is -0.0891. The zero-order chi connectivity index (χ0) is 16.7. The molecule has 0 saturated carbocycles. The van der Waals surface area contributed by atoms with Gasteiger partial charge in [0.25, 0.3) is 0 Å². The van der Waals surface area contributed by atoms with E-state index in [4.69, 9.17) is 9.26 Å². The van der Waals surface area contributed by atoms with Gasteiger partial charge >= 0.3 is 6.03 Å². The lowest BCUT2D eigenvalue weighted by Gasteiger charge is -2.43. The molecule has 2 aliphatic rings. The highest BCUT2D eigenvalue weighted by molar-refractivity contribution is 7.10. The number of rotatable bonds is 1. The van der Waals surface area contributed by atoms with Gasteiger partial charge in [-0.1, -0.05) is 5.16 Å². The molecule has 2 aliphatic heterocycles. The molecular formula is C17H21N3O3S. The number of amides is 2. The number of carbonyl (C=O) groups is 1. The first-order valence-corrected chi connectivity index (χ1v) is 9.17. The van der Waals surface area contributed by atoms with Gasteiger partial charge in [-0.15, -0.1) is 11.3 Å². The molecule has 1 saturated heterocycles. The Morgan fingerprint density at radius 2 is 2.17 bits per heavy atom. The van der Waals surface area contributed by atoms with Crippen LogP contribution in [-0.2, 0) is 16.8 Å². The predicted octanol–water partition coefficient (Wildman–Crippen LogP) is 3.45. The second kappa shape index (κ2) is 5.89. The number of likely N-dealkylation sites (tertiary alicyclic amines) is 1. The quantitative estimate of drug-likeness (QED) is 0.858. The number of nitrogens with zero attached hydrogens (tertiary/aromatic N) is 2. The van der Waals surface area contributed by atoms with Crippen molar-refractivity contribution in [3.05, 3.63) is 33.3 Å². The molecule has 24 heavy (non-hydrogen) atoms. The van der Waals surface area contributed by atoms with E-state index in [0.717, 1.165) is 25.9 Å². The van der Waals surface area contributed by atoms with Gasteiger partial charge in [0.15, 0.2) is 5.76 Å². The number of anilines is 1. The maximum Gasteiger partial charge on any atom is 0.321 e. The molecule has 1 fully saturated rings. The topological polar surface area (TPSA) is 67.6 Å². The average molecular weight is 347 g/mol. The van der Waals surface area contributed by atoms with Crippen molar-refractivity contribution in [3.63, 3.8) is 0 Å². The van der Waals surface area contributed by atoms with Crippen molar-refractivity contribution < 1.29 is 14.1 Å². The Hall–Kier alpha value is -1.86. The van der Waals surface area contributed by atoms with E-state index in [0.29, 0.717) is 30.2 Å². The SMILES string of the molecule is Cc1noc(C)c1NC(=O)N1CCC2(CC1)OCCc1ccsc12. The summed E-state index contributed by atoms with van der Waals surface area (Å²) < 4.78 is 11.3. The number of thiophene rings is 1. The zero-order valence-electron chi connectivity index (χ0n) is 13.9. The fourth-order valence-electron chi connectivity index (χ4n) is 3.64. The Morgan fingerprint density at radius 1 is 1.38 bits per heavy atom. The number of hydrogen-bond acceptors (Lipinski definition) is 5. The lowest BCUT2D eigenvalue weighted by atomic mass is 9.85. The predicted molar refractivity (Wildman–Crippen MR) is 91.5 cm³/mol. The van der Waals surface area contributed by atoms with Gasteiger partial charge in [0.05, 0.1) is 6.61 Å². The van der Waals surface area contributed by atoms with Crippen LogP contribution in [0.1, 0.15) is 34.7 Å². The molecule has 128 valence electrons. The van der Waals surface area contributed by atoms with Crippen LogP contribution in [0.25, 0.3) is 0 Å². The molecule has 0 aliphatic carbocycles. The number of ether oxygens (including phenoxy) is 1. The summed E-state index contributed by atoms with van der Waals surface area (Å²) in [5.41, 5.74) is 2.60. The van der Waals surface area contributed by atoms with E-state index in [1.807, 2.05) is 11.8 Å². The van der Waals surface area contributed by atoms with Crippen LogP contribution in [0.5, 0.6) is 0 Å². The van der Waals surface area contributed by atoms with Gasteiger partial charge in [-0.3, -0.25) is 0 Å². The van der Waals surface area contributed by atoms with Crippen LogP contribution < -0.4 is 5.32 Å². The molecular weight excluding hydrogens is 326 g/mol. The second-order valence-electron chi connectivity index (χ2n) is 6.48. The Labute approximate surface area is 144 Å². The molecule has 7 heteroatoms. The van der Waals surface area contributed by atoms with Crippen LogP contribution in [0, 0.1) is 13.8 Å². The highest BCUT2D eigenvalue weighted by atomic mass is 32.1. The van der Waals surface area contributed by atoms with Gasteiger partial charge < -0.3 is 19.5 Å². The van der Waals surface area contributed by atoms with Crippen LogP contribution in [0.3, 0.4) is 0 Å². The molecule has 2 aromatic heterocycles. The first kappa shape index (κ1) is 15.7. The van der Waals surface area contributed by atoms with Crippen molar-refractivity contribution in [2.75, 3.05) is 25.0 Å². The number of hydrogen-bond donors (Lipinski definition) is 1. The molecule has 0 radical (unpaired) electrons. The minimum atomic E-state index is -0.193. The maximum atomic E-state index is 12.5. The van der Waals surface area contributed by atoms with Gasteiger partial charge in [0.1, 0.15) is 17.0 Å². The standard InChI is InChI=1S/C17H21N3O3S/c1-11-14(12(2)23-19-11)18-16(21)20-7-5-17(6-8-20)15-13(3-9-22-17)4-10-24-15/h4,10H,3,5-9H2,1-2H3,(H,18,21). The van der Waals surface area contributed by atoms with Crippen molar-refractivity contribution in [2.45, 2.75) is 38.7 Å². The molecule has 2 amide bonds. The molecule has 4 rings (SSSR count). The fraction of sp³-hybridized carbons (Fsp3) is 0.529. The Bertz CT molecular complexity index is 739. The summed E-state index contributed by atoms with van der Waals surface area (Å²) >= 11 is 1.78. The third-order valence-corrected chi connectivity index (χ3v) is 6.18. The summed E-state index contributed by atoms with van der Waals surface area (Å²) in [5.74, 6) is 0.633. The number of urea groups is 1. The first-order valence-electron chi connectivity index (χ1n) is 8.29. The van der Waals surface area contributed by atoms with Crippen molar-refractivity contribution >= 4 is 23.1 Å². The van der Waals surface area contributed by atoms with Crippen LogP contribution >= 0.6 is 11.3 Å². The molecule has 0 aromatic carbocycles. The minimum Gasteiger partial charge on any atom is -0.369 e. The van der Waals surface area contributed by atoms with E-state index in [1.54, 1.807) is 18.3 Å². The highest BCUT2D eigenvalue weighted by Gasteiger charge is 2.42. The normalized spacial score (nSPS) is 19.3. The van der Waals surface area contributed by atoms with Crippen molar-refractivity contribution in [1.82, 2.24) is 10.1 Å². The first-order chi connectivity index (χ1) is 11.6. The average Bonchev–Trinajstić information content (AvgIpc) is 3.19. The summed E-state index contributed by atoms with van der Waals surface area (Å²) in [5, 5.41) is 8.95. The van der Waals surface area contributed by atoms with Gasteiger partial charge in [-0.2, -0.15) is 0 Å². The number of nitrogens with one attached hydrogen (secondary N) is 1. The maximum absolute atomic E-state index is 12.5. The van der Waals surface area contributed by atoms with Crippen LogP contribution in [-0.4, -0.2) is 35.8 Å². The number of aromatic nitrogens is 1. The minimum absolute atomic E-state index is 0.0959. The third-order valence-electron chi connectivity index (χ3n) is 5.03. The molecule has 2 aromatic rings. The number of fused-ring (bicyclic) bond motifs is 2. The van der Waals surface area contributed by atoms with Crippen molar-refractivity contribution in [2.24, 2.45) is 0 Å². The Morgan fingerprint density at radius 3 is 2.88 bits per heavy atom. The molecule has 1 N–H and O–H groups in total. The molecule has 4 heterocycles. The van der Waals surface area contributed by atoms with E-state index in [-0.39, 0.29) is 11.6 Å². The van der Waals surface area contributed by atoms with Gasteiger partial charge in [-0.05, 0) is 50.1 Å². The fourth-order valence-corrected chi connectivity index (χ4v) is 4.81. The summed E-state index contributed by atoms with van der Waals surface area (Å²) in [6.45, 7) is 5.77. The van der Waals surface area contributed by atoms with E-state index >= 15 is 0 Å². The Balaban J connectivity index is 1.45. The van der Waals surface area contributed by atoms with E-state index in [2.05, 4.69) is 21.9 Å². The van der Waals surface area contributed by atoms with Crippen molar-refractivity contribution in [3.8, 4) is 0 Å². The third kappa shape index (κ3) is 2.52. The largest absolute Gasteiger partial charge is 0.369 e. The molecule has 1 spiro atoms. The second-order valence-corrected chi connectivity index (χ2v) is 7.40. The van der Waals surface area contributed by atoms with E-state index < -0.39 is 0 Å². The van der Waals surface area contributed by atoms with Gasteiger partial charge in [0.2, 0.25) is 0 Å². The van der Waals surface area contributed by atoms with E-state index in [9.17, 15) is 4.79 Å². The smallest absolute Gasteiger partial charge is 0.321 e. The molecule has 0 atom stereocenters. The van der Waals surface area contributed by atoms with Crippen LogP contribution in [0.4, 0.5) is 10.5 Å². The lowest BCUT2D eigenvalue weighted by Crippen LogP contribution is -2.49. The summed E-state index contributed by atoms with van der Waals surface area (Å²) in [6, 6.07) is 2.11. The summed E-state index contributed by atoms with van der Waals surface area (Å²) in [6.07, 6.45) is 2.68. The monoisotopic (exact) mass is 347 g/mol. The number of aryl methyl sites for hydroxylation is 2. The number of carbonyl (C=O) groups excluding carboxylic acids is 1. The summed E-state index contributed by atoms with van der Waals surface area (Å²) in [7, 11) is 0. The molecule has 6 nitrogen and oxygen atoms in total.